The summed E-state index contributed by atoms with van der Waals surface area (Å²) in [5.41, 5.74) is 0. The molecule has 1 unspecified atom stereocenters. The number of ether oxygens (including phenoxy) is 1. The predicted octanol–water partition coefficient (Wildman–Crippen LogP) is 1.19. The maximum atomic E-state index is 12.0. The van der Waals surface area contributed by atoms with Gasteiger partial charge < -0.3 is 4.74 Å². The molecule has 0 N–H and O–H groups in total. The van der Waals surface area contributed by atoms with Crippen molar-refractivity contribution in [3.05, 3.63) is 0 Å². The van der Waals surface area contributed by atoms with Crippen LogP contribution in [0.2, 0.25) is 0 Å². The molecule has 12 heavy (non-hydrogen) atoms. The Balaban J connectivity index is 2.36. The molecule has 5 heteroatoms. The van der Waals surface area contributed by atoms with Gasteiger partial charge in [-0.3, -0.25) is 4.90 Å². The number of morpholine rings is 1. The monoisotopic (exact) mass is 199 g/mol. The molecule has 1 saturated heterocycles. The van der Waals surface area contributed by atoms with Gasteiger partial charge in [0.1, 0.15) is 0 Å². The first kappa shape index (κ1) is 10.2. The summed E-state index contributed by atoms with van der Waals surface area (Å²) in [7, 11) is 0. The first-order chi connectivity index (χ1) is 5.74. The number of rotatable bonds is 3. The fourth-order valence-electron chi connectivity index (χ4n) is 1.25. The molecule has 0 aromatic carbocycles. The average Bonchev–Trinajstić information content (AvgIpc) is 2.04. The van der Waals surface area contributed by atoms with E-state index in [4.69, 9.17) is 16.3 Å². The predicted molar refractivity (Wildman–Crippen MR) is 42.9 cm³/mol. The lowest BCUT2D eigenvalue weighted by atomic mass is 10.2. The molecular formula is C7H12ClF2NO. The summed E-state index contributed by atoms with van der Waals surface area (Å²) in [5.74, 6) is 0.354. The maximum absolute atomic E-state index is 12.0. The fourth-order valence-corrected chi connectivity index (χ4v) is 1.53. The molecule has 0 saturated carbocycles. The van der Waals surface area contributed by atoms with Crippen molar-refractivity contribution in [1.29, 1.82) is 0 Å². The summed E-state index contributed by atoms with van der Waals surface area (Å²) >= 11 is 5.59. The van der Waals surface area contributed by atoms with Crippen LogP contribution in [0.15, 0.2) is 0 Å². The summed E-state index contributed by atoms with van der Waals surface area (Å²) < 4.78 is 29.1. The molecule has 1 rings (SSSR count). The Hall–Kier alpha value is 0.0700. The third-order valence-corrected chi connectivity index (χ3v) is 2.26. The fraction of sp³-hybridized carbons (Fsp3) is 1.00. The Morgan fingerprint density at radius 3 is 2.92 bits per heavy atom. The van der Waals surface area contributed by atoms with Crippen LogP contribution in [-0.4, -0.2) is 49.6 Å². The van der Waals surface area contributed by atoms with Crippen molar-refractivity contribution in [2.75, 3.05) is 32.2 Å². The standard InChI is InChI=1S/C7H12ClF2NO/c8-3-6-5-12-2-1-11(6)4-7(9)10/h6-7H,1-5H2. The maximum Gasteiger partial charge on any atom is 0.251 e. The second-order valence-corrected chi connectivity index (χ2v) is 3.08. The average molecular weight is 200 g/mol. The van der Waals surface area contributed by atoms with Crippen LogP contribution in [0.5, 0.6) is 0 Å². The molecule has 1 aliphatic heterocycles. The first-order valence-corrected chi connectivity index (χ1v) is 4.43. The van der Waals surface area contributed by atoms with E-state index in [9.17, 15) is 8.78 Å². The molecule has 0 aromatic heterocycles. The van der Waals surface area contributed by atoms with Gasteiger partial charge in [0.05, 0.1) is 19.8 Å². The normalized spacial score (nSPS) is 26.5. The van der Waals surface area contributed by atoms with Crippen molar-refractivity contribution in [2.24, 2.45) is 0 Å². The molecular weight excluding hydrogens is 188 g/mol. The molecule has 2 nitrogen and oxygen atoms in total. The highest BCUT2D eigenvalue weighted by molar-refractivity contribution is 6.18. The lowest BCUT2D eigenvalue weighted by molar-refractivity contribution is -0.0250. The van der Waals surface area contributed by atoms with Gasteiger partial charge in [0, 0.05) is 18.5 Å². The number of nitrogens with zero attached hydrogens (tertiary/aromatic N) is 1. The summed E-state index contributed by atoms with van der Waals surface area (Å²) in [5, 5.41) is 0. The molecule has 0 aromatic rings. The van der Waals surface area contributed by atoms with Crippen LogP contribution < -0.4 is 0 Å². The second-order valence-electron chi connectivity index (χ2n) is 2.77. The molecule has 0 bridgehead atoms. The summed E-state index contributed by atoms with van der Waals surface area (Å²) in [6, 6.07) is -0.0468. The molecule has 0 aliphatic carbocycles. The zero-order chi connectivity index (χ0) is 8.97. The third-order valence-electron chi connectivity index (χ3n) is 1.90. The zero-order valence-electron chi connectivity index (χ0n) is 6.68. The third kappa shape index (κ3) is 2.84. The van der Waals surface area contributed by atoms with E-state index in [2.05, 4.69) is 0 Å². The minimum Gasteiger partial charge on any atom is -0.378 e. The molecule has 72 valence electrons. The Bertz CT molecular complexity index is 137. The van der Waals surface area contributed by atoms with E-state index < -0.39 is 6.43 Å². The molecule has 1 atom stereocenters. The van der Waals surface area contributed by atoms with E-state index in [1.54, 1.807) is 4.90 Å². The SMILES string of the molecule is FC(F)CN1CCOCC1CCl. The van der Waals surface area contributed by atoms with Gasteiger partial charge in [-0.25, -0.2) is 8.78 Å². The van der Waals surface area contributed by atoms with Crippen LogP contribution in [0.4, 0.5) is 8.78 Å². The number of hydrogen-bond donors (Lipinski definition) is 0. The lowest BCUT2D eigenvalue weighted by Crippen LogP contribution is -2.48. The smallest absolute Gasteiger partial charge is 0.251 e. The van der Waals surface area contributed by atoms with Crippen molar-refractivity contribution in [3.63, 3.8) is 0 Å². The van der Waals surface area contributed by atoms with Crippen LogP contribution in [0, 0.1) is 0 Å². The second kappa shape index (κ2) is 4.94. The van der Waals surface area contributed by atoms with Crippen molar-refractivity contribution >= 4 is 11.6 Å². The van der Waals surface area contributed by atoms with E-state index in [0.29, 0.717) is 25.6 Å². The Morgan fingerprint density at radius 1 is 1.58 bits per heavy atom. The highest BCUT2D eigenvalue weighted by Crippen LogP contribution is 2.10. The molecule has 1 fully saturated rings. The van der Waals surface area contributed by atoms with Gasteiger partial charge in [0.25, 0.3) is 6.43 Å². The van der Waals surface area contributed by atoms with E-state index in [1.807, 2.05) is 0 Å². The highest BCUT2D eigenvalue weighted by Gasteiger charge is 2.24. The topological polar surface area (TPSA) is 12.5 Å². The molecule has 0 spiro atoms. The van der Waals surface area contributed by atoms with E-state index in [1.165, 1.54) is 0 Å². The van der Waals surface area contributed by atoms with E-state index in [0.717, 1.165) is 0 Å². The first-order valence-electron chi connectivity index (χ1n) is 3.90. The minimum absolute atomic E-state index is 0.0468. The van der Waals surface area contributed by atoms with Crippen molar-refractivity contribution in [1.82, 2.24) is 4.90 Å². The van der Waals surface area contributed by atoms with Crippen LogP contribution in [0.3, 0.4) is 0 Å². The zero-order valence-corrected chi connectivity index (χ0v) is 7.44. The van der Waals surface area contributed by atoms with Crippen LogP contribution in [0.25, 0.3) is 0 Å². The quantitative estimate of drug-likeness (QED) is 0.634. The molecule has 0 amide bonds. The van der Waals surface area contributed by atoms with Gasteiger partial charge in [0.2, 0.25) is 0 Å². The van der Waals surface area contributed by atoms with Crippen LogP contribution in [-0.2, 0) is 4.74 Å². The van der Waals surface area contributed by atoms with E-state index in [-0.39, 0.29) is 12.6 Å². The van der Waals surface area contributed by atoms with Crippen molar-refractivity contribution in [2.45, 2.75) is 12.5 Å². The number of hydrogen-bond acceptors (Lipinski definition) is 2. The molecule has 1 aliphatic rings. The highest BCUT2D eigenvalue weighted by atomic mass is 35.5. The van der Waals surface area contributed by atoms with Crippen LogP contribution >= 0.6 is 11.6 Å². The lowest BCUT2D eigenvalue weighted by Gasteiger charge is -2.33. The molecule has 1 heterocycles. The van der Waals surface area contributed by atoms with Crippen LogP contribution in [0.1, 0.15) is 0 Å². The minimum atomic E-state index is -2.28. The van der Waals surface area contributed by atoms with Gasteiger partial charge >= 0.3 is 0 Å². The summed E-state index contributed by atoms with van der Waals surface area (Å²) in [4.78, 5) is 1.68. The van der Waals surface area contributed by atoms with Gasteiger partial charge in [-0.1, -0.05) is 0 Å². The van der Waals surface area contributed by atoms with Gasteiger partial charge in [0.15, 0.2) is 0 Å². The van der Waals surface area contributed by atoms with Crippen molar-refractivity contribution < 1.29 is 13.5 Å². The summed E-state index contributed by atoms with van der Waals surface area (Å²) in [6.07, 6.45) is -2.28. The van der Waals surface area contributed by atoms with Gasteiger partial charge in [-0.15, -0.1) is 11.6 Å². The Morgan fingerprint density at radius 2 is 2.33 bits per heavy atom. The van der Waals surface area contributed by atoms with Gasteiger partial charge in [-0.05, 0) is 0 Å². The largest absolute Gasteiger partial charge is 0.378 e. The number of alkyl halides is 3. The van der Waals surface area contributed by atoms with E-state index >= 15 is 0 Å². The Labute approximate surface area is 75.4 Å². The molecule has 0 radical (unpaired) electrons. The van der Waals surface area contributed by atoms with Crippen molar-refractivity contribution in [3.8, 4) is 0 Å². The van der Waals surface area contributed by atoms with Gasteiger partial charge in [-0.2, -0.15) is 0 Å². The Kier molecular flexibility index (Phi) is 4.18. The summed E-state index contributed by atoms with van der Waals surface area (Å²) in [6.45, 7) is 1.36. The number of halogens is 3.